The van der Waals surface area contributed by atoms with Crippen molar-refractivity contribution in [1.82, 2.24) is 0 Å². The zero-order valence-electron chi connectivity index (χ0n) is 30.9. The van der Waals surface area contributed by atoms with Crippen LogP contribution in [0.1, 0.15) is 194 Å². The number of ether oxygens (including phenoxy) is 2. The Hall–Kier alpha value is -1.47. The maximum Gasteiger partial charge on any atom is 0.469 e. The SMILES string of the molecule is CCCC/C=C\CCCCCCCC(=O)OC[C@H](COP(=O)(O)O)OC(=O)CCCCCCCCC/C=C\CCCCCCCCCC. The largest absolute Gasteiger partial charge is 0.469 e. The van der Waals surface area contributed by atoms with Gasteiger partial charge in [0.25, 0.3) is 0 Å². The van der Waals surface area contributed by atoms with Crippen molar-refractivity contribution < 1.29 is 37.9 Å². The smallest absolute Gasteiger partial charge is 0.462 e. The van der Waals surface area contributed by atoms with Crippen molar-refractivity contribution in [2.45, 2.75) is 200 Å². The van der Waals surface area contributed by atoms with Crippen LogP contribution in [0.15, 0.2) is 24.3 Å². The van der Waals surface area contributed by atoms with Gasteiger partial charge in [0.1, 0.15) is 6.61 Å². The Kier molecular flexibility index (Phi) is 34.3. The molecule has 9 heteroatoms. The van der Waals surface area contributed by atoms with Crippen LogP contribution in [0.4, 0.5) is 0 Å². The molecule has 0 fully saturated rings. The van der Waals surface area contributed by atoms with Gasteiger partial charge in [0.15, 0.2) is 6.10 Å². The van der Waals surface area contributed by atoms with Crippen molar-refractivity contribution in [3.8, 4) is 0 Å². The highest BCUT2D eigenvalue weighted by molar-refractivity contribution is 7.46. The van der Waals surface area contributed by atoms with Crippen molar-refractivity contribution in [3.05, 3.63) is 24.3 Å². The number of phosphoric ester groups is 1. The predicted octanol–water partition coefficient (Wildman–Crippen LogP) is 11.6. The molecule has 1 atom stereocenters. The van der Waals surface area contributed by atoms with Gasteiger partial charge in [0.05, 0.1) is 6.61 Å². The van der Waals surface area contributed by atoms with E-state index < -0.39 is 32.5 Å². The van der Waals surface area contributed by atoms with E-state index in [0.29, 0.717) is 12.8 Å². The van der Waals surface area contributed by atoms with E-state index in [1.54, 1.807) is 0 Å². The maximum absolute atomic E-state index is 12.4. The fraction of sp³-hybridized carbons (Fsp3) is 0.846. The zero-order valence-corrected chi connectivity index (χ0v) is 31.8. The van der Waals surface area contributed by atoms with Gasteiger partial charge in [-0.25, -0.2) is 4.57 Å². The van der Waals surface area contributed by atoms with Crippen LogP contribution >= 0.6 is 7.82 Å². The minimum absolute atomic E-state index is 0.207. The van der Waals surface area contributed by atoms with E-state index in [9.17, 15) is 14.2 Å². The fourth-order valence-electron chi connectivity index (χ4n) is 5.47. The molecule has 0 bridgehead atoms. The summed E-state index contributed by atoms with van der Waals surface area (Å²) in [7, 11) is -4.75. The van der Waals surface area contributed by atoms with E-state index in [1.165, 1.54) is 89.9 Å². The standard InChI is InChI=1S/C39H73O8P/c1-3-5-7-9-11-13-15-16-17-18-19-20-21-22-24-26-28-30-32-34-39(41)47-37(36-46-48(42,43)44)35-45-38(40)33-31-29-27-25-23-14-12-10-8-6-4-2/h10,12,18-19,37H,3-9,11,13-17,20-36H2,1-2H3,(H2,42,43,44)/b12-10-,19-18-/t37-/m1/s1. The van der Waals surface area contributed by atoms with Crippen LogP contribution in [0.25, 0.3) is 0 Å². The Morgan fingerprint density at radius 1 is 0.521 bits per heavy atom. The third-order valence-corrected chi connectivity index (χ3v) is 8.93. The van der Waals surface area contributed by atoms with Crippen molar-refractivity contribution in [1.29, 1.82) is 0 Å². The summed E-state index contributed by atoms with van der Waals surface area (Å²) < 4.78 is 26.3. The molecule has 282 valence electrons. The predicted molar refractivity (Wildman–Crippen MR) is 198 cm³/mol. The van der Waals surface area contributed by atoms with Crippen LogP contribution in [0, 0.1) is 0 Å². The zero-order chi connectivity index (χ0) is 35.4. The van der Waals surface area contributed by atoms with Gasteiger partial charge >= 0.3 is 19.8 Å². The molecular formula is C39H73O8P. The van der Waals surface area contributed by atoms with Crippen LogP contribution in [0.2, 0.25) is 0 Å². The van der Waals surface area contributed by atoms with Gasteiger partial charge in [-0.3, -0.25) is 14.1 Å². The van der Waals surface area contributed by atoms with Gasteiger partial charge in [-0.2, -0.15) is 0 Å². The summed E-state index contributed by atoms with van der Waals surface area (Å²) in [5.74, 6) is -0.898. The molecule has 0 radical (unpaired) electrons. The van der Waals surface area contributed by atoms with Crippen LogP contribution in [0.3, 0.4) is 0 Å². The van der Waals surface area contributed by atoms with Crippen LogP contribution in [0.5, 0.6) is 0 Å². The average Bonchev–Trinajstić information content (AvgIpc) is 3.05. The molecule has 0 aliphatic heterocycles. The topological polar surface area (TPSA) is 119 Å². The molecule has 0 unspecified atom stereocenters. The molecule has 0 aliphatic rings. The third-order valence-electron chi connectivity index (χ3n) is 8.44. The first-order valence-electron chi connectivity index (χ1n) is 19.6. The van der Waals surface area contributed by atoms with Crippen molar-refractivity contribution in [2.24, 2.45) is 0 Å². The lowest BCUT2D eigenvalue weighted by Gasteiger charge is -2.18. The first-order valence-corrected chi connectivity index (χ1v) is 21.2. The second-order valence-electron chi connectivity index (χ2n) is 13.2. The van der Waals surface area contributed by atoms with E-state index in [1.807, 2.05) is 0 Å². The van der Waals surface area contributed by atoms with E-state index in [2.05, 4.69) is 42.7 Å². The fourth-order valence-corrected chi connectivity index (χ4v) is 5.83. The number of carbonyl (C=O) groups excluding carboxylic acids is 2. The summed E-state index contributed by atoms with van der Waals surface area (Å²) >= 11 is 0. The summed E-state index contributed by atoms with van der Waals surface area (Å²) in [6.07, 6.45) is 39.0. The van der Waals surface area contributed by atoms with E-state index in [0.717, 1.165) is 64.2 Å². The lowest BCUT2D eigenvalue weighted by Crippen LogP contribution is -2.29. The molecular weight excluding hydrogens is 627 g/mol. The first kappa shape index (κ1) is 46.5. The Morgan fingerprint density at radius 2 is 0.896 bits per heavy atom. The van der Waals surface area contributed by atoms with Gasteiger partial charge in [-0.05, 0) is 57.8 Å². The van der Waals surface area contributed by atoms with Crippen LogP contribution < -0.4 is 0 Å². The lowest BCUT2D eigenvalue weighted by molar-refractivity contribution is -0.161. The summed E-state index contributed by atoms with van der Waals surface area (Å²) in [5, 5.41) is 0. The molecule has 48 heavy (non-hydrogen) atoms. The Bertz CT molecular complexity index is 838. The van der Waals surface area contributed by atoms with Gasteiger partial charge in [-0.15, -0.1) is 0 Å². The monoisotopic (exact) mass is 701 g/mol. The number of hydrogen-bond acceptors (Lipinski definition) is 6. The molecule has 0 aromatic heterocycles. The average molecular weight is 701 g/mol. The van der Waals surface area contributed by atoms with E-state index in [4.69, 9.17) is 19.3 Å². The van der Waals surface area contributed by atoms with Crippen molar-refractivity contribution >= 4 is 19.8 Å². The number of unbranched alkanes of at least 4 members (excludes halogenated alkanes) is 22. The van der Waals surface area contributed by atoms with E-state index in [-0.39, 0.29) is 19.4 Å². The molecule has 0 saturated carbocycles. The minimum atomic E-state index is -4.75. The van der Waals surface area contributed by atoms with Crippen LogP contribution in [-0.4, -0.2) is 41.0 Å². The van der Waals surface area contributed by atoms with Gasteiger partial charge in [-0.1, -0.05) is 147 Å². The Morgan fingerprint density at radius 3 is 1.33 bits per heavy atom. The van der Waals surface area contributed by atoms with Crippen LogP contribution in [-0.2, 0) is 28.2 Å². The summed E-state index contributed by atoms with van der Waals surface area (Å²) in [6.45, 7) is 3.63. The molecule has 0 saturated heterocycles. The molecule has 0 aromatic rings. The number of phosphoric acid groups is 1. The van der Waals surface area contributed by atoms with Gasteiger partial charge in [0, 0.05) is 12.8 Å². The minimum Gasteiger partial charge on any atom is -0.462 e. The molecule has 0 aliphatic carbocycles. The van der Waals surface area contributed by atoms with Gasteiger partial charge in [0.2, 0.25) is 0 Å². The lowest BCUT2D eigenvalue weighted by atomic mass is 10.1. The van der Waals surface area contributed by atoms with E-state index >= 15 is 0 Å². The molecule has 0 spiro atoms. The summed E-state index contributed by atoms with van der Waals surface area (Å²) in [5.41, 5.74) is 0. The molecule has 0 rings (SSSR count). The molecule has 2 N–H and O–H groups in total. The Labute approximate surface area is 294 Å². The second kappa shape index (κ2) is 35.4. The maximum atomic E-state index is 12.4. The van der Waals surface area contributed by atoms with Crippen molar-refractivity contribution in [3.63, 3.8) is 0 Å². The molecule has 0 aromatic carbocycles. The molecule has 0 heterocycles. The highest BCUT2D eigenvalue weighted by Gasteiger charge is 2.22. The summed E-state index contributed by atoms with van der Waals surface area (Å²) in [6, 6.07) is 0. The number of hydrogen-bond donors (Lipinski definition) is 2. The Balaban J connectivity index is 3.92. The van der Waals surface area contributed by atoms with Gasteiger partial charge < -0.3 is 19.3 Å². The second-order valence-corrected chi connectivity index (χ2v) is 14.5. The first-order chi connectivity index (χ1) is 23.3. The molecule has 0 amide bonds. The number of rotatable bonds is 36. The number of esters is 2. The third kappa shape index (κ3) is 37.4. The highest BCUT2D eigenvalue weighted by Crippen LogP contribution is 2.36. The molecule has 8 nitrogen and oxygen atoms in total. The number of carbonyl (C=O) groups is 2. The summed E-state index contributed by atoms with van der Waals surface area (Å²) in [4.78, 5) is 42.7. The number of allylic oxidation sites excluding steroid dienone is 4. The van der Waals surface area contributed by atoms with Crippen molar-refractivity contribution in [2.75, 3.05) is 13.2 Å². The quantitative estimate of drug-likeness (QED) is 0.0287. The normalized spacial score (nSPS) is 12.7. The highest BCUT2D eigenvalue weighted by atomic mass is 31.2.